The average Bonchev–Trinajstić information content (AvgIpc) is 2.68. The second-order valence-electron chi connectivity index (χ2n) is 6.49. The average molecular weight is 365 g/mol. The molecule has 136 valence electrons. The molecule has 0 saturated carbocycles. The van der Waals surface area contributed by atoms with Crippen LogP contribution in [-0.4, -0.2) is 11.8 Å². The van der Waals surface area contributed by atoms with E-state index in [1.165, 1.54) is 0 Å². The van der Waals surface area contributed by atoms with Crippen LogP contribution in [0.1, 0.15) is 17.2 Å². The lowest BCUT2D eigenvalue weighted by Gasteiger charge is -2.46. The maximum absolute atomic E-state index is 14.4. The van der Waals surface area contributed by atoms with Gasteiger partial charge in [0.1, 0.15) is 11.8 Å². The summed E-state index contributed by atoms with van der Waals surface area (Å²) in [4.78, 5) is 13.4. The number of carbonyl (C=O) groups excluding carboxylic acids is 1. The van der Waals surface area contributed by atoms with Crippen LogP contribution in [0, 0.1) is 6.92 Å². The molecule has 5 heteroatoms. The van der Waals surface area contributed by atoms with E-state index in [1.807, 2.05) is 25.1 Å². The highest BCUT2D eigenvalue weighted by atomic mass is 19.3. The molecule has 1 atom stereocenters. The number of alkyl halides is 2. The van der Waals surface area contributed by atoms with Crippen molar-refractivity contribution in [1.29, 1.82) is 0 Å². The monoisotopic (exact) mass is 365 g/mol. The highest BCUT2D eigenvalue weighted by Gasteiger charge is 2.65. The second kappa shape index (κ2) is 6.50. The van der Waals surface area contributed by atoms with Crippen molar-refractivity contribution in [1.82, 2.24) is 0 Å². The summed E-state index contributed by atoms with van der Waals surface area (Å²) in [5, 5.41) is 0. The van der Waals surface area contributed by atoms with Gasteiger partial charge in [-0.05, 0) is 36.8 Å². The van der Waals surface area contributed by atoms with Crippen LogP contribution in [0.3, 0.4) is 0 Å². The number of rotatable bonds is 4. The van der Waals surface area contributed by atoms with E-state index < -0.39 is 17.9 Å². The number of nitrogens with zero attached hydrogens (tertiary/aromatic N) is 1. The number of β-lactam (4-membered cyclic amide) rings is 1. The van der Waals surface area contributed by atoms with Gasteiger partial charge in [-0.25, -0.2) is 0 Å². The van der Waals surface area contributed by atoms with E-state index in [-0.39, 0.29) is 0 Å². The van der Waals surface area contributed by atoms with Crippen molar-refractivity contribution < 1.29 is 18.3 Å². The normalized spacial score (nSPS) is 18.1. The van der Waals surface area contributed by atoms with Gasteiger partial charge in [0, 0.05) is 0 Å². The molecule has 0 aliphatic carbocycles. The Hall–Kier alpha value is -3.21. The van der Waals surface area contributed by atoms with Gasteiger partial charge in [-0.15, -0.1) is 0 Å². The molecule has 0 bridgehead atoms. The maximum atomic E-state index is 14.4. The molecule has 0 aromatic heterocycles. The Morgan fingerprint density at radius 1 is 0.889 bits per heavy atom. The number of anilines is 1. The Morgan fingerprint density at radius 3 is 2.22 bits per heavy atom. The molecule has 27 heavy (non-hydrogen) atoms. The van der Waals surface area contributed by atoms with E-state index in [4.69, 9.17) is 4.74 Å². The van der Waals surface area contributed by atoms with E-state index in [1.54, 1.807) is 60.7 Å². The highest BCUT2D eigenvalue weighted by Crippen LogP contribution is 2.52. The third kappa shape index (κ3) is 2.95. The van der Waals surface area contributed by atoms with Crippen molar-refractivity contribution in [2.45, 2.75) is 18.9 Å². The number of para-hydroxylation sites is 3. The Balaban J connectivity index is 1.73. The molecule has 0 N–H and O–H groups in total. The van der Waals surface area contributed by atoms with E-state index in [2.05, 4.69) is 0 Å². The molecule has 1 amide bonds. The molecular weight excluding hydrogens is 348 g/mol. The molecule has 1 fully saturated rings. The van der Waals surface area contributed by atoms with Crippen molar-refractivity contribution in [3.8, 4) is 11.5 Å². The molecule has 1 aliphatic rings. The van der Waals surface area contributed by atoms with Gasteiger partial charge in [0.05, 0.1) is 5.69 Å². The first-order chi connectivity index (χ1) is 13.0. The molecule has 0 spiro atoms. The Morgan fingerprint density at radius 2 is 1.52 bits per heavy atom. The zero-order chi connectivity index (χ0) is 19.0. The fourth-order valence-corrected chi connectivity index (χ4v) is 3.20. The Kier molecular flexibility index (Phi) is 4.15. The SMILES string of the molecule is Cc1ccc([C@@H]2N(c3ccccc3Oc3ccccc3)C(=O)C2(F)F)cc1. The standard InChI is InChI=1S/C22H17F2NO2/c1-15-11-13-16(14-12-15)20-22(23,24)21(26)25(20)18-9-5-6-10-19(18)27-17-7-3-2-4-8-17/h2-14,20H,1H3/t20-/m0/s1. The van der Waals surface area contributed by atoms with Crippen molar-refractivity contribution >= 4 is 11.6 Å². The van der Waals surface area contributed by atoms with Gasteiger partial charge in [-0.1, -0.05) is 60.2 Å². The number of hydrogen-bond acceptors (Lipinski definition) is 2. The van der Waals surface area contributed by atoms with E-state index in [0.29, 0.717) is 22.7 Å². The zero-order valence-corrected chi connectivity index (χ0v) is 14.6. The van der Waals surface area contributed by atoms with Gasteiger partial charge in [-0.3, -0.25) is 9.69 Å². The predicted octanol–water partition coefficient (Wildman–Crippen LogP) is 5.51. The topological polar surface area (TPSA) is 29.5 Å². The molecular formula is C22H17F2NO2. The van der Waals surface area contributed by atoms with E-state index in [9.17, 15) is 13.6 Å². The number of aryl methyl sites for hydroxylation is 1. The number of hydrogen-bond donors (Lipinski definition) is 0. The van der Waals surface area contributed by atoms with Gasteiger partial charge >= 0.3 is 11.8 Å². The lowest BCUT2D eigenvalue weighted by molar-refractivity contribution is -0.162. The zero-order valence-electron chi connectivity index (χ0n) is 14.6. The van der Waals surface area contributed by atoms with Gasteiger partial charge in [0.15, 0.2) is 5.75 Å². The number of benzene rings is 3. The van der Waals surface area contributed by atoms with Crippen LogP contribution in [0.25, 0.3) is 0 Å². The van der Waals surface area contributed by atoms with Crippen LogP contribution in [0.4, 0.5) is 14.5 Å². The van der Waals surface area contributed by atoms with Gasteiger partial charge in [0.2, 0.25) is 0 Å². The van der Waals surface area contributed by atoms with Crippen LogP contribution < -0.4 is 9.64 Å². The summed E-state index contributed by atoms with van der Waals surface area (Å²) >= 11 is 0. The number of amides is 1. The third-order valence-electron chi connectivity index (χ3n) is 4.59. The molecule has 1 saturated heterocycles. The van der Waals surface area contributed by atoms with Gasteiger partial charge in [-0.2, -0.15) is 8.78 Å². The van der Waals surface area contributed by atoms with Crippen molar-refractivity contribution in [3.05, 3.63) is 90.0 Å². The molecule has 1 heterocycles. The van der Waals surface area contributed by atoms with Gasteiger partial charge < -0.3 is 4.74 Å². The minimum atomic E-state index is -3.45. The minimum Gasteiger partial charge on any atom is -0.455 e. The van der Waals surface area contributed by atoms with Crippen molar-refractivity contribution in [3.63, 3.8) is 0 Å². The fourth-order valence-electron chi connectivity index (χ4n) is 3.20. The van der Waals surface area contributed by atoms with Crippen LogP contribution in [0.5, 0.6) is 11.5 Å². The smallest absolute Gasteiger partial charge is 0.349 e. The highest BCUT2D eigenvalue weighted by molar-refractivity contribution is 6.08. The van der Waals surface area contributed by atoms with E-state index in [0.717, 1.165) is 10.5 Å². The lowest BCUT2D eigenvalue weighted by Crippen LogP contribution is -2.64. The molecule has 0 radical (unpaired) electrons. The lowest BCUT2D eigenvalue weighted by atomic mass is 9.88. The number of halogens is 2. The van der Waals surface area contributed by atoms with Crippen molar-refractivity contribution in [2.24, 2.45) is 0 Å². The largest absolute Gasteiger partial charge is 0.455 e. The first-order valence-electron chi connectivity index (χ1n) is 8.58. The predicted molar refractivity (Wildman–Crippen MR) is 99.3 cm³/mol. The first-order valence-corrected chi connectivity index (χ1v) is 8.58. The Labute approximate surface area is 155 Å². The Bertz CT molecular complexity index is 971. The van der Waals surface area contributed by atoms with Crippen LogP contribution in [0.15, 0.2) is 78.9 Å². The summed E-state index contributed by atoms with van der Waals surface area (Å²) in [5.41, 5.74) is 1.68. The summed E-state index contributed by atoms with van der Waals surface area (Å²) in [6.07, 6.45) is 0. The number of carbonyl (C=O) groups is 1. The summed E-state index contributed by atoms with van der Waals surface area (Å²) < 4.78 is 34.7. The number of ether oxygens (including phenoxy) is 1. The molecule has 4 rings (SSSR count). The quantitative estimate of drug-likeness (QED) is 0.571. The van der Waals surface area contributed by atoms with Crippen LogP contribution in [0.2, 0.25) is 0 Å². The molecule has 3 nitrogen and oxygen atoms in total. The molecule has 0 unspecified atom stereocenters. The molecule has 1 aliphatic heterocycles. The summed E-state index contributed by atoms with van der Waals surface area (Å²) in [6, 6.07) is 21.2. The first kappa shape index (κ1) is 17.2. The van der Waals surface area contributed by atoms with Crippen molar-refractivity contribution in [2.75, 3.05) is 4.90 Å². The fraction of sp³-hybridized carbons (Fsp3) is 0.136. The molecule has 3 aromatic rings. The summed E-state index contributed by atoms with van der Waals surface area (Å²) in [7, 11) is 0. The summed E-state index contributed by atoms with van der Waals surface area (Å²) in [5.74, 6) is -3.76. The maximum Gasteiger partial charge on any atom is 0.349 e. The summed E-state index contributed by atoms with van der Waals surface area (Å²) in [6.45, 7) is 1.88. The molecule has 3 aromatic carbocycles. The van der Waals surface area contributed by atoms with Crippen LogP contribution in [-0.2, 0) is 4.79 Å². The minimum absolute atomic E-state index is 0.322. The van der Waals surface area contributed by atoms with E-state index >= 15 is 0 Å². The van der Waals surface area contributed by atoms with Crippen LogP contribution >= 0.6 is 0 Å². The third-order valence-corrected chi connectivity index (χ3v) is 4.59. The van der Waals surface area contributed by atoms with Gasteiger partial charge in [0.25, 0.3) is 0 Å². The second-order valence-corrected chi connectivity index (χ2v) is 6.49.